The van der Waals surface area contributed by atoms with Gasteiger partial charge in [-0.15, -0.1) is 0 Å². The highest BCUT2D eigenvalue weighted by atomic mass is 19.1. The van der Waals surface area contributed by atoms with Crippen molar-refractivity contribution >= 4 is 23.8 Å². The molecule has 136 valence electrons. The Hall–Kier alpha value is -2.97. The number of nitrogens with two attached hydrogens (primary N) is 1. The Balaban J connectivity index is 3.11. The number of halogens is 1. The molecule has 3 N–H and O–H groups in total. The lowest BCUT2D eigenvalue weighted by Crippen LogP contribution is -2.53. The van der Waals surface area contributed by atoms with E-state index >= 15 is 0 Å². The summed E-state index contributed by atoms with van der Waals surface area (Å²) in [6, 6.07) is 3.68. The first-order valence-electron chi connectivity index (χ1n) is 7.24. The molecule has 0 saturated carbocycles. The molecule has 0 spiro atoms. The first kappa shape index (κ1) is 20.1. The van der Waals surface area contributed by atoms with Crippen LogP contribution in [0.5, 0.6) is 0 Å². The maximum atomic E-state index is 13.7. The number of nitrogens with one attached hydrogen (secondary N) is 1. The van der Waals surface area contributed by atoms with Crippen LogP contribution in [0.3, 0.4) is 0 Å². The van der Waals surface area contributed by atoms with Gasteiger partial charge < -0.3 is 20.5 Å². The molecule has 0 fully saturated rings. The Labute approximate surface area is 143 Å². The van der Waals surface area contributed by atoms with Gasteiger partial charge >= 0.3 is 11.9 Å². The number of ether oxygens (including phenoxy) is 2. The Morgan fingerprint density at radius 1 is 1.08 bits per heavy atom. The van der Waals surface area contributed by atoms with Crippen molar-refractivity contribution in [2.45, 2.75) is 13.0 Å². The van der Waals surface area contributed by atoms with Gasteiger partial charge in [-0.3, -0.25) is 19.2 Å². The zero-order chi connectivity index (χ0) is 19.1. The smallest absolute Gasteiger partial charge is 0.320 e. The van der Waals surface area contributed by atoms with Gasteiger partial charge in [0.15, 0.2) is 5.92 Å². The lowest BCUT2D eigenvalue weighted by molar-refractivity contribution is -0.161. The van der Waals surface area contributed by atoms with E-state index in [0.29, 0.717) is 0 Å². The van der Waals surface area contributed by atoms with Crippen LogP contribution in [0.15, 0.2) is 24.3 Å². The van der Waals surface area contributed by atoms with E-state index in [4.69, 9.17) is 5.73 Å². The van der Waals surface area contributed by atoms with Gasteiger partial charge in [-0.2, -0.15) is 0 Å². The van der Waals surface area contributed by atoms with Crippen molar-refractivity contribution in [2.24, 2.45) is 17.6 Å². The molecule has 25 heavy (non-hydrogen) atoms. The molecule has 2 amide bonds. The molecule has 0 heterocycles. The van der Waals surface area contributed by atoms with Crippen molar-refractivity contribution in [3.63, 3.8) is 0 Å². The van der Waals surface area contributed by atoms with Crippen molar-refractivity contribution < 1.29 is 33.0 Å². The van der Waals surface area contributed by atoms with Gasteiger partial charge in [-0.1, -0.05) is 19.1 Å². The number of carbonyl (C=O) groups excluding carboxylic acids is 4. The van der Waals surface area contributed by atoms with Crippen molar-refractivity contribution in [1.29, 1.82) is 0 Å². The molecular formula is C16H19FN2O6. The van der Waals surface area contributed by atoms with Gasteiger partial charge in [0.2, 0.25) is 5.91 Å². The Bertz CT molecular complexity index is 662. The summed E-state index contributed by atoms with van der Waals surface area (Å²) in [5, 5.41) is 2.24. The van der Waals surface area contributed by atoms with Gasteiger partial charge in [-0.05, 0) is 12.1 Å². The largest absolute Gasteiger partial charge is 0.468 e. The number of esters is 2. The monoisotopic (exact) mass is 354 g/mol. The summed E-state index contributed by atoms with van der Waals surface area (Å²) in [6.45, 7) is 1.34. The van der Waals surface area contributed by atoms with Gasteiger partial charge in [0.25, 0.3) is 5.91 Å². The topological polar surface area (TPSA) is 125 Å². The Kier molecular flexibility index (Phi) is 7.04. The van der Waals surface area contributed by atoms with Gasteiger partial charge in [-0.25, -0.2) is 4.39 Å². The van der Waals surface area contributed by atoms with Crippen LogP contribution in [0.4, 0.5) is 4.39 Å². The molecule has 0 saturated heterocycles. The molecule has 0 bridgehead atoms. The van der Waals surface area contributed by atoms with E-state index in [1.807, 2.05) is 0 Å². The van der Waals surface area contributed by atoms with Gasteiger partial charge in [0.1, 0.15) is 11.9 Å². The molecule has 8 nitrogen and oxygen atoms in total. The first-order chi connectivity index (χ1) is 11.7. The maximum absolute atomic E-state index is 13.7. The standard InChI is InChI=1S/C16H19FN2O6/c1-8(11(15(22)24-2)16(23)25-3)12(13(18)20)19-14(21)9-6-4-5-7-10(9)17/h4-8,11-12H,1-3H3,(H2,18,20)(H,19,21)/t8-,12+/m1/s1. The van der Waals surface area contributed by atoms with Crippen LogP contribution in [0.2, 0.25) is 0 Å². The molecule has 1 aromatic rings. The number of carbonyl (C=O) groups is 4. The van der Waals surface area contributed by atoms with Gasteiger partial charge in [0, 0.05) is 5.92 Å². The number of benzene rings is 1. The molecule has 1 rings (SSSR count). The zero-order valence-corrected chi connectivity index (χ0v) is 13.9. The van der Waals surface area contributed by atoms with Crippen molar-refractivity contribution in [3.8, 4) is 0 Å². The number of rotatable bonds is 7. The SMILES string of the molecule is COC(=O)C(C(=O)OC)[C@@H](C)[C@H](NC(=O)c1ccccc1F)C(N)=O. The third-order valence-electron chi connectivity index (χ3n) is 3.67. The van der Waals surface area contributed by atoms with Crippen molar-refractivity contribution in [3.05, 3.63) is 35.6 Å². The molecule has 2 atom stereocenters. The maximum Gasteiger partial charge on any atom is 0.320 e. The van der Waals surface area contributed by atoms with E-state index in [1.165, 1.54) is 25.1 Å². The summed E-state index contributed by atoms with van der Waals surface area (Å²) < 4.78 is 22.8. The van der Waals surface area contributed by atoms with Crippen LogP contribution < -0.4 is 11.1 Å². The van der Waals surface area contributed by atoms with E-state index in [2.05, 4.69) is 14.8 Å². The predicted octanol–water partition coefficient (Wildman–Crippen LogP) is 0.00770. The molecule has 9 heteroatoms. The minimum atomic E-state index is -1.49. The molecule has 1 aromatic carbocycles. The predicted molar refractivity (Wildman–Crippen MR) is 83.5 cm³/mol. The number of primary amides is 1. The highest BCUT2D eigenvalue weighted by molar-refractivity contribution is 5.99. The van der Waals surface area contributed by atoms with Crippen molar-refractivity contribution in [1.82, 2.24) is 5.32 Å². The minimum absolute atomic E-state index is 0.311. The number of hydrogen-bond acceptors (Lipinski definition) is 6. The summed E-state index contributed by atoms with van der Waals surface area (Å²) in [4.78, 5) is 47.6. The molecule has 0 aliphatic carbocycles. The average molecular weight is 354 g/mol. The Morgan fingerprint density at radius 2 is 1.60 bits per heavy atom. The molecule has 0 unspecified atom stereocenters. The third-order valence-corrected chi connectivity index (χ3v) is 3.67. The molecular weight excluding hydrogens is 335 g/mol. The lowest BCUT2D eigenvalue weighted by atomic mass is 9.86. The lowest BCUT2D eigenvalue weighted by Gasteiger charge is -2.26. The quantitative estimate of drug-likeness (QED) is 0.525. The zero-order valence-electron chi connectivity index (χ0n) is 13.9. The van der Waals surface area contributed by atoms with Crippen LogP contribution in [-0.4, -0.2) is 44.0 Å². The third kappa shape index (κ3) is 4.75. The van der Waals surface area contributed by atoms with E-state index in [0.717, 1.165) is 20.3 Å². The summed E-state index contributed by atoms with van der Waals surface area (Å²) in [6.07, 6.45) is 0. The van der Waals surface area contributed by atoms with Crippen LogP contribution in [-0.2, 0) is 23.9 Å². The van der Waals surface area contributed by atoms with Gasteiger partial charge in [0.05, 0.1) is 19.8 Å². The highest BCUT2D eigenvalue weighted by Gasteiger charge is 2.41. The van der Waals surface area contributed by atoms with Crippen molar-refractivity contribution in [2.75, 3.05) is 14.2 Å². The second kappa shape index (κ2) is 8.76. The first-order valence-corrected chi connectivity index (χ1v) is 7.24. The van der Waals surface area contributed by atoms with E-state index in [1.54, 1.807) is 0 Å². The average Bonchev–Trinajstić information content (AvgIpc) is 2.58. The fourth-order valence-corrected chi connectivity index (χ4v) is 2.30. The van der Waals surface area contributed by atoms with Crippen LogP contribution >= 0.6 is 0 Å². The minimum Gasteiger partial charge on any atom is -0.468 e. The number of hydrogen-bond donors (Lipinski definition) is 2. The van der Waals surface area contributed by atoms with Crippen LogP contribution in [0, 0.1) is 17.7 Å². The molecule has 0 radical (unpaired) electrons. The van der Waals surface area contributed by atoms with Crippen LogP contribution in [0.1, 0.15) is 17.3 Å². The summed E-state index contributed by atoms with van der Waals surface area (Å²) >= 11 is 0. The number of methoxy groups -OCH3 is 2. The van der Waals surface area contributed by atoms with Crippen LogP contribution in [0.25, 0.3) is 0 Å². The summed E-state index contributed by atoms with van der Waals surface area (Å²) in [5.74, 6) is -7.20. The fraction of sp³-hybridized carbons (Fsp3) is 0.375. The summed E-state index contributed by atoms with van der Waals surface area (Å²) in [7, 11) is 2.12. The summed E-state index contributed by atoms with van der Waals surface area (Å²) in [5.41, 5.74) is 4.96. The number of amides is 2. The highest BCUT2D eigenvalue weighted by Crippen LogP contribution is 2.20. The fourth-order valence-electron chi connectivity index (χ4n) is 2.30. The Morgan fingerprint density at radius 3 is 2.04 bits per heavy atom. The second-order valence-electron chi connectivity index (χ2n) is 5.22. The normalized spacial score (nSPS) is 12.8. The second-order valence-corrected chi connectivity index (χ2v) is 5.22. The van der Waals surface area contributed by atoms with E-state index in [-0.39, 0.29) is 5.56 Å². The molecule has 0 aliphatic rings. The molecule has 0 aromatic heterocycles. The molecule has 0 aliphatic heterocycles. The van der Waals surface area contributed by atoms with E-state index in [9.17, 15) is 23.6 Å². The van der Waals surface area contributed by atoms with E-state index < -0.39 is 47.4 Å².